The van der Waals surface area contributed by atoms with E-state index in [1.54, 1.807) is 0 Å². The largest absolute Gasteiger partial charge is 0.480 e. The first-order valence-electron chi connectivity index (χ1n) is 7.52. The van der Waals surface area contributed by atoms with Crippen LogP contribution in [-0.4, -0.2) is 27.3 Å². The molecule has 1 atom stereocenters. The maximum atomic E-state index is 11.1. The number of carbonyl (C=O) groups is 1. The van der Waals surface area contributed by atoms with Gasteiger partial charge >= 0.3 is 5.97 Å². The van der Waals surface area contributed by atoms with Crippen LogP contribution in [0.3, 0.4) is 0 Å². The van der Waals surface area contributed by atoms with Gasteiger partial charge in [-0.05, 0) is 18.4 Å². The number of carboxylic acid groups (broad SMARTS) is 1. The lowest BCUT2D eigenvalue weighted by Gasteiger charge is -2.11. The number of benzene rings is 1. The Bertz CT molecular complexity index is 607. The van der Waals surface area contributed by atoms with E-state index < -0.39 is 12.0 Å². The SMILES string of the molecule is CCCC(NCc1nc(-c2ccc(CC)cc2)no1)C(=O)O. The van der Waals surface area contributed by atoms with Gasteiger partial charge in [-0.25, -0.2) is 0 Å². The van der Waals surface area contributed by atoms with Crippen LogP contribution in [0, 0.1) is 0 Å². The van der Waals surface area contributed by atoms with Crippen molar-refractivity contribution in [2.24, 2.45) is 0 Å². The van der Waals surface area contributed by atoms with Crippen LogP contribution in [-0.2, 0) is 17.8 Å². The molecular weight excluding hydrogens is 282 g/mol. The summed E-state index contributed by atoms with van der Waals surface area (Å²) < 4.78 is 5.17. The average molecular weight is 303 g/mol. The van der Waals surface area contributed by atoms with E-state index in [0.717, 1.165) is 18.4 Å². The number of aryl methyl sites for hydroxylation is 1. The van der Waals surface area contributed by atoms with Gasteiger partial charge in [-0.3, -0.25) is 10.1 Å². The summed E-state index contributed by atoms with van der Waals surface area (Å²) >= 11 is 0. The zero-order valence-electron chi connectivity index (χ0n) is 12.9. The summed E-state index contributed by atoms with van der Waals surface area (Å²) in [6, 6.07) is 7.39. The fraction of sp³-hybridized carbons (Fsp3) is 0.438. The summed E-state index contributed by atoms with van der Waals surface area (Å²) in [6.07, 6.45) is 2.34. The molecule has 2 rings (SSSR count). The van der Waals surface area contributed by atoms with Crippen LogP contribution in [0.1, 0.15) is 38.1 Å². The van der Waals surface area contributed by atoms with Crippen LogP contribution in [0.15, 0.2) is 28.8 Å². The lowest BCUT2D eigenvalue weighted by molar-refractivity contribution is -0.139. The monoisotopic (exact) mass is 303 g/mol. The Hall–Kier alpha value is -2.21. The first-order valence-corrected chi connectivity index (χ1v) is 7.52. The minimum atomic E-state index is -0.864. The quantitative estimate of drug-likeness (QED) is 0.779. The molecule has 0 radical (unpaired) electrons. The molecule has 1 aromatic heterocycles. The van der Waals surface area contributed by atoms with Crippen molar-refractivity contribution in [1.82, 2.24) is 15.5 Å². The Morgan fingerprint density at radius 1 is 1.32 bits per heavy atom. The number of nitrogens with zero attached hydrogens (tertiary/aromatic N) is 2. The summed E-state index contributed by atoms with van der Waals surface area (Å²) in [5, 5.41) is 15.9. The van der Waals surface area contributed by atoms with Crippen molar-refractivity contribution in [3.8, 4) is 11.4 Å². The van der Waals surface area contributed by atoms with Gasteiger partial charge < -0.3 is 9.63 Å². The molecule has 0 saturated heterocycles. The molecule has 0 aliphatic carbocycles. The van der Waals surface area contributed by atoms with Gasteiger partial charge in [-0.2, -0.15) is 4.98 Å². The summed E-state index contributed by atoms with van der Waals surface area (Å²) in [5.41, 5.74) is 2.13. The Kier molecular flexibility index (Phi) is 5.66. The van der Waals surface area contributed by atoms with Gasteiger partial charge in [0.2, 0.25) is 11.7 Å². The molecule has 1 heterocycles. The van der Waals surface area contributed by atoms with E-state index in [2.05, 4.69) is 22.4 Å². The molecule has 0 aliphatic heterocycles. The Morgan fingerprint density at radius 3 is 2.64 bits per heavy atom. The molecule has 22 heavy (non-hydrogen) atoms. The summed E-state index contributed by atoms with van der Waals surface area (Å²) in [6.45, 7) is 4.29. The summed E-state index contributed by atoms with van der Waals surface area (Å²) in [5.74, 6) is 0.0375. The van der Waals surface area contributed by atoms with Crippen LogP contribution in [0.5, 0.6) is 0 Å². The number of carboxylic acids is 1. The predicted molar refractivity (Wildman–Crippen MR) is 82.3 cm³/mol. The topological polar surface area (TPSA) is 88.3 Å². The number of aromatic nitrogens is 2. The molecule has 0 amide bonds. The second-order valence-electron chi connectivity index (χ2n) is 5.12. The summed E-state index contributed by atoms with van der Waals surface area (Å²) in [7, 11) is 0. The van der Waals surface area contributed by atoms with Crippen LogP contribution >= 0.6 is 0 Å². The van der Waals surface area contributed by atoms with Gasteiger partial charge in [0.25, 0.3) is 0 Å². The molecule has 0 aliphatic rings. The second kappa shape index (κ2) is 7.70. The highest BCUT2D eigenvalue weighted by molar-refractivity contribution is 5.73. The number of aliphatic carboxylic acids is 1. The normalized spacial score (nSPS) is 12.3. The van der Waals surface area contributed by atoms with Gasteiger partial charge in [0, 0.05) is 5.56 Å². The van der Waals surface area contributed by atoms with Crippen molar-refractivity contribution in [1.29, 1.82) is 0 Å². The predicted octanol–water partition coefficient (Wildman–Crippen LogP) is 2.64. The Balaban J connectivity index is 1.99. The molecule has 0 saturated carbocycles. The van der Waals surface area contributed by atoms with Gasteiger partial charge in [0.05, 0.1) is 6.54 Å². The van der Waals surface area contributed by atoms with Crippen molar-refractivity contribution in [2.45, 2.75) is 45.7 Å². The number of hydrogen-bond acceptors (Lipinski definition) is 5. The van der Waals surface area contributed by atoms with Crippen LogP contribution < -0.4 is 5.32 Å². The Morgan fingerprint density at radius 2 is 2.05 bits per heavy atom. The molecule has 0 bridgehead atoms. The van der Waals surface area contributed by atoms with Gasteiger partial charge in [-0.15, -0.1) is 0 Å². The lowest BCUT2D eigenvalue weighted by Crippen LogP contribution is -2.36. The molecule has 118 valence electrons. The van der Waals surface area contributed by atoms with E-state index in [9.17, 15) is 4.79 Å². The smallest absolute Gasteiger partial charge is 0.320 e. The standard InChI is InChI=1S/C16H21N3O3/c1-3-5-13(16(20)21)17-10-14-18-15(19-22-14)12-8-6-11(4-2)7-9-12/h6-9,13,17H,3-5,10H2,1-2H3,(H,20,21). The molecule has 6 heteroatoms. The fourth-order valence-corrected chi connectivity index (χ4v) is 2.15. The maximum Gasteiger partial charge on any atom is 0.320 e. The first kappa shape index (κ1) is 16.2. The minimum Gasteiger partial charge on any atom is -0.480 e. The van der Waals surface area contributed by atoms with Gasteiger partial charge in [0.15, 0.2) is 0 Å². The van der Waals surface area contributed by atoms with Gasteiger partial charge in [-0.1, -0.05) is 49.7 Å². The molecule has 1 unspecified atom stereocenters. The van der Waals surface area contributed by atoms with E-state index in [-0.39, 0.29) is 6.54 Å². The number of hydrogen-bond donors (Lipinski definition) is 2. The number of rotatable bonds is 8. The van der Waals surface area contributed by atoms with E-state index in [4.69, 9.17) is 9.63 Å². The van der Waals surface area contributed by atoms with Crippen molar-refractivity contribution in [3.05, 3.63) is 35.7 Å². The number of nitrogens with one attached hydrogen (secondary N) is 1. The molecule has 6 nitrogen and oxygen atoms in total. The molecule has 0 fully saturated rings. The maximum absolute atomic E-state index is 11.1. The van der Waals surface area contributed by atoms with Crippen LogP contribution in [0.2, 0.25) is 0 Å². The van der Waals surface area contributed by atoms with Crippen LogP contribution in [0.4, 0.5) is 0 Å². The molecule has 0 spiro atoms. The van der Waals surface area contributed by atoms with Crippen molar-refractivity contribution >= 4 is 5.97 Å². The van der Waals surface area contributed by atoms with Crippen molar-refractivity contribution in [3.63, 3.8) is 0 Å². The van der Waals surface area contributed by atoms with E-state index in [1.807, 2.05) is 31.2 Å². The van der Waals surface area contributed by atoms with E-state index in [0.29, 0.717) is 18.1 Å². The highest BCUT2D eigenvalue weighted by atomic mass is 16.5. The molecular formula is C16H21N3O3. The van der Waals surface area contributed by atoms with Crippen molar-refractivity contribution in [2.75, 3.05) is 0 Å². The lowest BCUT2D eigenvalue weighted by atomic mass is 10.1. The second-order valence-corrected chi connectivity index (χ2v) is 5.12. The van der Waals surface area contributed by atoms with E-state index in [1.165, 1.54) is 5.56 Å². The highest BCUT2D eigenvalue weighted by Crippen LogP contribution is 2.16. The molecule has 1 aromatic carbocycles. The van der Waals surface area contributed by atoms with Crippen LogP contribution in [0.25, 0.3) is 11.4 Å². The third-order valence-electron chi connectivity index (χ3n) is 3.46. The zero-order chi connectivity index (χ0) is 15.9. The highest BCUT2D eigenvalue weighted by Gasteiger charge is 2.17. The summed E-state index contributed by atoms with van der Waals surface area (Å²) in [4.78, 5) is 15.4. The third kappa shape index (κ3) is 4.14. The van der Waals surface area contributed by atoms with E-state index >= 15 is 0 Å². The fourth-order valence-electron chi connectivity index (χ4n) is 2.15. The van der Waals surface area contributed by atoms with Crippen molar-refractivity contribution < 1.29 is 14.4 Å². The van der Waals surface area contributed by atoms with Gasteiger partial charge in [0.1, 0.15) is 6.04 Å². The zero-order valence-corrected chi connectivity index (χ0v) is 12.9. The third-order valence-corrected chi connectivity index (χ3v) is 3.46. The average Bonchev–Trinajstić information content (AvgIpc) is 3.00. The molecule has 2 aromatic rings. The first-order chi connectivity index (χ1) is 10.6. The minimum absolute atomic E-state index is 0.247. The molecule has 2 N–H and O–H groups in total. The Labute approximate surface area is 129 Å².